The molecule has 2 aromatic rings. The van der Waals surface area contributed by atoms with E-state index in [1.165, 1.54) is 64.4 Å². The normalized spacial score (nSPS) is 19.4. The molecule has 2 aromatic carbocycles. The van der Waals surface area contributed by atoms with Crippen LogP contribution >= 0.6 is 0 Å². The summed E-state index contributed by atoms with van der Waals surface area (Å²) >= 11 is 0. The molecule has 3 heterocycles. The average molecular weight is 610 g/mol. The van der Waals surface area contributed by atoms with E-state index < -0.39 is 16.3 Å². The topological polar surface area (TPSA) is 122 Å². The highest BCUT2D eigenvalue weighted by atomic mass is 32.2. The fourth-order valence-corrected chi connectivity index (χ4v) is 6.49. The number of rotatable bonds is 10. The number of hydrogen-bond donors (Lipinski definition) is 4. The molecule has 11 nitrogen and oxygen atoms in total. The molecule has 0 aliphatic carbocycles. The molecule has 12 heteroatoms. The average Bonchev–Trinajstić information content (AvgIpc) is 3.00. The third kappa shape index (κ3) is 7.19. The van der Waals surface area contributed by atoms with Crippen LogP contribution < -0.4 is 25.6 Å². The first kappa shape index (κ1) is 30.6. The van der Waals surface area contributed by atoms with E-state index in [4.69, 9.17) is 4.74 Å². The number of likely N-dealkylation sites (tertiary alicyclic amines) is 1. The number of nitrogens with zero attached hydrogens (tertiary/aromatic N) is 4. The van der Waals surface area contributed by atoms with Crippen LogP contribution in [0, 0.1) is 0 Å². The van der Waals surface area contributed by atoms with Gasteiger partial charge in [-0.2, -0.15) is 0 Å². The SMILES string of the molecule is CC(C)Oc1cc(N2CC=C(N3CCCCC3)CC2)ccc1NC1N=CC(O)=C(Nc2ccccc2S(=O)(=O)N(C)C)N1. The second kappa shape index (κ2) is 13.2. The summed E-state index contributed by atoms with van der Waals surface area (Å²) in [5, 5.41) is 20.1. The molecule has 0 saturated carbocycles. The van der Waals surface area contributed by atoms with Crippen LogP contribution in [0.2, 0.25) is 0 Å². The van der Waals surface area contributed by atoms with E-state index in [0.29, 0.717) is 11.4 Å². The highest BCUT2D eigenvalue weighted by Gasteiger charge is 2.25. The molecule has 4 N–H and O–H groups in total. The smallest absolute Gasteiger partial charge is 0.244 e. The summed E-state index contributed by atoms with van der Waals surface area (Å²) in [4.78, 5) is 9.39. The number of anilines is 3. The Balaban J connectivity index is 1.30. The molecule has 3 aliphatic rings. The number of piperidine rings is 1. The largest absolute Gasteiger partial charge is 0.503 e. The number of aliphatic hydroxyl groups is 1. The van der Waals surface area contributed by atoms with Crippen molar-refractivity contribution in [3.05, 3.63) is 65.8 Å². The van der Waals surface area contributed by atoms with Gasteiger partial charge in [0.1, 0.15) is 10.6 Å². The summed E-state index contributed by atoms with van der Waals surface area (Å²) in [5.41, 5.74) is 3.63. The Morgan fingerprint density at radius 3 is 2.51 bits per heavy atom. The number of para-hydroxylation sites is 1. The van der Waals surface area contributed by atoms with E-state index in [1.807, 2.05) is 19.9 Å². The first-order valence-electron chi connectivity index (χ1n) is 14.9. The molecule has 3 aliphatic heterocycles. The number of aliphatic imine (C=N–C) groups is 1. The van der Waals surface area contributed by atoms with Crippen molar-refractivity contribution in [3.8, 4) is 5.75 Å². The van der Waals surface area contributed by atoms with Crippen molar-refractivity contribution < 1.29 is 18.3 Å². The maximum absolute atomic E-state index is 12.9. The Morgan fingerprint density at radius 1 is 1.05 bits per heavy atom. The number of nitrogens with one attached hydrogen (secondary N) is 3. The second-order valence-electron chi connectivity index (χ2n) is 11.4. The zero-order valence-electron chi connectivity index (χ0n) is 25.4. The summed E-state index contributed by atoms with van der Waals surface area (Å²) in [5.74, 6) is 0.777. The highest BCUT2D eigenvalue weighted by molar-refractivity contribution is 7.89. The fraction of sp³-hybridized carbons (Fsp3) is 0.452. The second-order valence-corrected chi connectivity index (χ2v) is 13.5. The van der Waals surface area contributed by atoms with Crippen LogP contribution in [0.4, 0.5) is 17.1 Å². The van der Waals surface area contributed by atoms with Crippen molar-refractivity contribution in [1.29, 1.82) is 0 Å². The van der Waals surface area contributed by atoms with Crippen molar-refractivity contribution in [2.45, 2.75) is 56.8 Å². The summed E-state index contributed by atoms with van der Waals surface area (Å²) < 4.78 is 33.1. The van der Waals surface area contributed by atoms with Gasteiger partial charge in [0.2, 0.25) is 10.0 Å². The van der Waals surface area contributed by atoms with Crippen LogP contribution in [-0.4, -0.2) is 81.6 Å². The quantitative estimate of drug-likeness (QED) is 0.308. The number of aliphatic hydroxyl groups excluding tert-OH is 1. The van der Waals surface area contributed by atoms with Gasteiger partial charge in [-0.3, -0.25) is 0 Å². The molecule has 1 unspecified atom stereocenters. The van der Waals surface area contributed by atoms with Gasteiger partial charge in [-0.1, -0.05) is 12.1 Å². The molecule has 5 rings (SSSR count). The predicted octanol–water partition coefficient (Wildman–Crippen LogP) is 4.51. The summed E-state index contributed by atoms with van der Waals surface area (Å²) in [6.45, 7) is 8.13. The lowest BCUT2D eigenvalue weighted by molar-refractivity contribution is 0.243. The first-order chi connectivity index (χ1) is 20.6. The number of benzene rings is 2. The highest BCUT2D eigenvalue weighted by Crippen LogP contribution is 2.33. The zero-order chi connectivity index (χ0) is 30.6. The van der Waals surface area contributed by atoms with Crippen LogP contribution in [-0.2, 0) is 10.0 Å². The lowest BCUT2D eigenvalue weighted by atomic mass is 10.1. The lowest BCUT2D eigenvalue weighted by Gasteiger charge is -2.36. The number of ether oxygens (including phenoxy) is 1. The minimum Gasteiger partial charge on any atom is -0.503 e. The summed E-state index contributed by atoms with van der Waals surface area (Å²) in [7, 11) is -0.760. The van der Waals surface area contributed by atoms with Gasteiger partial charge >= 0.3 is 0 Å². The third-order valence-corrected chi connectivity index (χ3v) is 9.59. The van der Waals surface area contributed by atoms with Crippen molar-refractivity contribution in [3.63, 3.8) is 0 Å². The minimum absolute atomic E-state index is 0.0399. The van der Waals surface area contributed by atoms with Gasteiger partial charge in [0.15, 0.2) is 17.9 Å². The number of sulfonamides is 1. The predicted molar refractivity (Wildman–Crippen MR) is 172 cm³/mol. The number of hydrogen-bond acceptors (Lipinski definition) is 10. The van der Waals surface area contributed by atoms with Crippen molar-refractivity contribution in [2.24, 2.45) is 4.99 Å². The van der Waals surface area contributed by atoms with E-state index in [2.05, 4.69) is 49.0 Å². The van der Waals surface area contributed by atoms with E-state index in [9.17, 15) is 13.5 Å². The molecule has 0 bridgehead atoms. The van der Waals surface area contributed by atoms with E-state index >= 15 is 0 Å². The summed E-state index contributed by atoms with van der Waals surface area (Å²) in [6, 6.07) is 12.7. The lowest BCUT2D eigenvalue weighted by Crippen LogP contribution is -2.40. The molecule has 0 radical (unpaired) electrons. The van der Waals surface area contributed by atoms with Gasteiger partial charge < -0.3 is 35.6 Å². The van der Waals surface area contributed by atoms with Gasteiger partial charge in [-0.05, 0) is 63.5 Å². The number of allylic oxidation sites excluding steroid dienone is 1. The van der Waals surface area contributed by atoms with Crippen molar-refractivity contribution in [1.82, 2.24) is 14.5 Å². The standard InChI is InChI=1S/C31H43N7O4S/c1-22(2)42-28-20-24(38-18-14-23(15-19-38)37-16-8-5-9-17-37)12-13-25(28)34-31-32-21-27(39)30(35-31)33-26-10-6-7-11-29(26)43(40,41)36(3)4/h6-7,10-14,20-22,31,33-35,39H,5,8-9,15-19H2,1-4H3. The molecule has 0 aromatic heterocycles. The van der Waals surface area contributed by atoms with Gasteiger partial charge in [0.05, 0.1) is 23.7 Å². The third-order valence-electron chi connectivity index (χ3n) is 7.72. The van der Waals surface area contributed by atoms with Gasteiger partial charge in [-0.25, -0.2) is 17.7 Å². The van der Waals surface area contributed by atoms with Crippen LogP contribution in [0.3, 0.4) is 0 Å². The first-order valence-corrected chi connectivity index (χ1v) is 16.3. The molecule has 43 heavy (non-hydrogen) atoms. The van der Waals surface area contributed by atoms with E-state index in [0.717, 1.165) is 35.2 Å². The minimum atomic E-state index is -3.71. The Bertz CT molecular complexity index is 1500. The molecule has 0 spiro atoms. The fourth-order valence-electron chi connectivity index (χ4n) is 5.44. The molecular formula is C31H43N7O4S. The van der Waals surface area contributed by atoms with E-state index in [1.54, 1.807) is 18.2 Å². The maximum Gasteiger partial charge on any atom is 0.244 e. The van der Waals surface area contributed by atoms with Crippen LogP contribution in [0.5, 0.6) is 5.75 Å². The monoisotopic (exact) mass is 609 g/mol. The van der Waals surface area contributed by atoms with Crippen LogP contribution in [0.25, 0.3) is 0 Å². The Morgan fingerprint density at radius 2 is 1.81 bits per heavy atom. The molecule has 1 atom stereocenters. The molecule has 1 fully saturated rings. The molecule has 1 saturated heterocycles. The Kier molecular flexibility index (Phi) is 9.36. The van der Waals surface area contributed by atoms with Gasteiger partial charge in [-0.15, -0.1) is 0 Å². The molecular weight excluding hydrogens is 566 g/mol. The Labute approximate surface area is 255 Å². The molecule has 0 amide bonds. The maximum atomic E-state index is 12.9. The van der Waals surface area contributed by atoms with Gasteiger partial charge in [0.25, 0.3) is 0 Å². The van der Waals surface area contributed by atoms with Crippen LogP contribution in [0.1, 0.15) is 39.5 Å². The summed E-state index contributed by atoms with van der Waals surface area (Å²) in [6.07, 6.45) is 7.93. The zero-order valence-corrected chi connectivity index (χ0v) is 26.2. The Hall–Kier alpha value is -3.90. The van der Waals surface area contributed by atoms with Gasteiger partial charge in [0, 0.05) is 64.1 Å². The van der Waals surface area contributed by atoms with Crippen molar-refractivity contribution in [2.75, 3.05) is 55.8 Å². The van der Waals surface area contributed by atoms with Crippen LogP contribution in [0.15, 0.2) is 75.7 Å². The van der Waals surface area contributed by atoms with Crippen molar-refractivity contribution >= 4 is 33.3 Å². The molecule has 232 valence electrons. The van der Waals surface area contributed by atoms with E-state index in [-0.39, 0.29) is 22.6 Å².